The zero-order valence-electron chi connectivity index (χ0n) is 17.7. The Morgan fingerprint density at radius 1 is 1.17 bits per heavy atom. The van der Waals surface area contributed by atoms with E-state index >= 15 is 0 Å². The summed E-state index contributed by atoms with van der Waals surface area (Å²) in [6.07, 6.45) is 3.03. The zero-order chi connectivity index (χ0) is 21.3. The molecule has 2 N–H and O–H groups in total. The van der Waals surface area contributed by atoms with Gasteiger partial charge in [-0.2, -0.15) is 0 Å². The largest absolute Gasteiger partial charge is 0.493 e. The number of rotatable bonds is 7. The number of aliphatic imine (C=N–C) groups is 1. The number of anilines is 1. The highest BCUT2D eigenvalue weighted by Crippen LogP contribution is 2.27. The Labute approximate surface area is 177 Å². The van der Waals surface area contributed by atoms with Gasteiger partial charge in [-0.3, -0.25) is 10.1 Å². The third-order valence-corrected chi connectivity index (χ3v) is 4.95. The van der Waals surface area contributed by atoms with Crippen molar-refractivity contribution in [3.63, 3.8) is 0 Å². The van der Waals surface area contributed by atoms with Crippen molar-refractivity contribution in [3.8, 4) is 11.5 Å². The molecule has 0 aromatic heterocycles. The fourth-order valence-corrected chi connectivity index (χ4v) is 3.25. The van der Waals surface area contributed by atoms with E-state index in [9.17, 15) is 4.79 Å². The second kappa shape index (κ2) is 10.6. The van der Waals surface area contributed by atoms with Crippen molar-refractivity contribution >= 4 is 17.6 Å². The average molecular weight is 412 g/mol. The van der Waals surface area contributed by atoms with Gasteiger partial charge in [0.25, 0.3) is 5.91 Å². The topological polar surface area (TPSA) is 81.2 Å². The summed E-state index contributed by atoms with van der Waals surface area (Å²) >= 11 is 0. The van der Waals surface area contributed by atoms with E-state index in [1.165, 1.54) is 12.7 Å². The number of hydrogen-bond acceptors (Lipinski definition) is 5. The van der Waals surface area contributed by atoms with Crippen LogP contribution in [0.15, 0.2) is 47.5 Å². The lowest BCUT2D eigenvalue weighted by Crippen LogP contribution is -2.36. The maximum atomic E-state index is 12.9. The Balaban J connectivity index is 1.78. The van der Waals surface area contributed by atoms with Gasteiger partial charge in [0.05, 0.1) is 26.9 Å². The van der Waals surface area contributed by atoms with Crippen LogP contribution >= 0.6 is 0 Å². The molecule has 2 aromatic carbocycles. The van der Waals surface area contributed by atoms with Crippen LogP contribution in [0.1, 0.15) is 35.7 Å². The molecule has 1 heterocycles. The first-order valence-electron chi connectivity index (χ1n) is 10.2. The van der Waals surface area contributed by atoms with Crippen LogP contribution in [0.25, 0.3) is 0 Å². The van der Waals surface area contributed by atoms with Crippen LogP contribution in [0.2, 0.25) is 0 Å². The molecule has 0 radical (unpaired) electrons. The van der Waals surface area contributed by atoms with E-state index in [1.807, 2.05) is 18.2 Å². The normalized spacial score (nSPS) is 16.2. The van der Waals surface area contributed by atoms with Gasteiger partial charge in [-0.25, -0.2) is 4.99 Å². The van der Waals surface area contributed by atoms with Crippen molar-refractivity contribution in [2.24, 2.45) is 4.99 Å². The molecule has 1 fully saturated rings. The predicted octanol–water partition coefficient (Wildman–Crippen LogP) is 3.64. The number of hydrogen-bond donors (Lipinski definition) is 2. The van der Waals surface area contributed by atoms with Crippen molar-refractivity contribution in [2.45, 2.75) is 32.3 Å². The quantitative estimate of drug-likeness (QED) is 0.537. The summed E-state index contributed by atoms with van der Waals surface area (Å²) < 4.78 is 16.2. The highest BCUT2D eigenvalue weighted by molar-refractivity contribution is 6.10. The Hall–Kier alpha value is -3.06. The van der Waals surface area contributed by atoms with Crippen LogP contribution in [-0.2, 0) is 11.2 Å². The Morgan fingerprint density at radius 2 is 2.00 bits per heavy atom. The number of methoxy groups -OCH3 is 2. The van der Waals surface area contributed by atoms with Gasteiger partial charge in [-0.1, -0.05) is 19.1 Å². The molecule has 1 amide bonds. The van der Waals surface area contributed by atoms with Crippen molar-refractivity contribution in [1.29, 1.82) is 0 Å². The van der Waals surface area contributed by atoms with E-state index in [0.717, 1.165) is 31.6 Å². The molecule has 0 saturated carbocycles. The maximum Gasteiger partial charge on any atom is 0.258 e. The highest BCUT2D eigenvalue weighted by Gasteiger charge is 2.17. The van der Waals surface area contributed by atoms with Gasteiger partial charge in [0.2, 0.25) is 5.96 Å². The number of guanidine groups is 1. The first kappa shape index (κ1) is 21.6. The number of amides is 1. The first-order valence-corrected chi connectivity index (χ1v) is 10.2. The summed E-state index contributed by atoms with van der Waals surface area (Å²) in [7, 11) is 3.10. The van der Waals surface area contributed by atoms with Gasteiger partial charge in [0.15, 0.2) is 11.5 Å². The summed E-state index contributed by atoms with van der Waals surface area (Å²) in [6.45, 7) is 3.35. The number of aryl methyl sites for hydroxylation is 1. The second-order valence-corrected chi connectivity index (χ2v) is 7.03. The summed E-state index contributed by atoms with van der Waals surface area (Å²) in [5.41, 5.74) is 2.51. The van der Waals surface area contributed by atoms with Crippen molar-refractivity contribution < 1.29 is 19.0 Å². The lowest BCUT2D eigenvalue weighted by molar-refractivity contribution is 0.0975. The SMILES string of the molecule is CCc1cccc(NC(=NC[C@H]2CCCO2)NC(=O)c2ccc(OC)c(OC)c2)c1. The molecule has 7 nitrogen and oxygen atoms in total. The van der Waals surface area contributed by atoms with Crippen LogP contribution in [0, 0.1) is 0 Å². The number of carbonyl (C=O) groups excluding carboxylic acids is 1. The summed E-state index contributed by atoms with van der Waals surface area (Å²) in [5, 5.41) is 6.12. The van der Waals surface area contributed by atoms with E-state index in [-0.39, 0.29) is 12.0 Å². The van der Waals surface area contributed by atoms with Crippen LogP contribution < -0.4 is 20.1 Å². The van der Waals surface area contributed by atoms with Gasteiger partial charge < -0.3 is 19.5 Å². The van der Waals surface area contributed by atoms with Crippen LogP contribution in [0.4, 0.5) is 5.69 Å². The summed E-state index contributed by atoms with van der Waals surface area (Å²) in [4.78, 5) is 17.5. The van der Waals surface area contributed by atoms with Crippen molar-refractivity contribution in [1.82, 2.24) is 5.32 Å². The van der Waals surface area contributed by atoms with Crippen LogP contribution in [0.3, 0.4) is 0 Å². The number of carbonyl (C=O) groups is 1. The van der Waals surface area contributed by atoms with Crippen molar-refractivity contribution in [2.75, 3.05) is 32.7 Å². The van der Waals surface area contributed by atoms with Gasteiger partial charge in [-0.05, 0) is 55.2 Å². The third-order valence-electron chi connectivity index (χ3n) is 4.95. The fourth-order valence-electron chi connectivity index (χ4n) is 3.25. The predicted molar refractivity (Wildman–Crippen MR) is 118 cm³/mol. The molecular weight excluding hydrogens is 382 g/mol. The van der Waals surface area contributed by atoms with E-state index in [4.69, 9.17) is 14.2 Å². The Kier molecular flexibility index (Phi) is 7.68. The molecule has 0 aliphatic carbocycles. The highest BCUT2D eigenvalue weighted by atomic mass is 16.5. The van der Waals surface area contributed by atoms with Gasteiger partial charge in [0, 0.05) is 17.9 Å². The van der Waals surface area contributed by atoms with Gasteiger partial charge in [0.1, 0.15) is 0 Å². The second-order valence-electron chi connectivity index (χ2n) is 7.03. The molecule has 0 unspecified atom stereocenters. The summed E-state index contributed by atoms with van der Waals surface area (Å²) in [5.74, 6) is 1.15. The van der Waals surface area contributed by atoms with E-state index in [0.29, 0.717) is 29.6 Å². The fraction of sp³-hybridized carbons (Fsp3) is 0.391. The molecule has 1 aliphatic heterocycles. The molecule has 1 saturated heterocycles. The number of nitrogens with one attached hydrogen (secondary N) is 2. The molecule has 1 atom stereocenters. The molecule has 7 heteroatoms. The average Bonchev–Trinajstić information content (AvgIpc) is 3.30. The third kappa shape index (κ3) is 5.73. The van der Waals surface area contributed by atoms with Gasteiger partial charge in [-0.15, -0.1) is 0 Å². The minimum absolute atomic E-state index is 0.0850. The maximum absolute atomic E-state index is 12.9. The van der Waals surface area contributed by atoms with E-state index < -0.39 is 0 Å². The molecule has 30 heavy (non-hydrogen) atoms. The molecule has 2 aromatic rings. The first-order chi connectivity index (χ1) is 14.6. The van der Waals surface area contributed by atoms with Crippen LogP contribution in [0.5, 0.6) is 11.5 Å². The molecular formula is C23H29N3O4. The Morgan fingerprint density at radius 3 is 2.70 bits per heavy atom. The van der Waals surface area contributed by atoms with E-state index in [1.54, 1.807) is 25.3 Å². The molecule has 0 bridgehead atoms. The molecule has 1 aliphatic rings. The molecule has 160 valence electrons. The number of benzene rings is 2. The van der Waals surface area contributed by atoms with E-state index in [2.05, 4.69) is 28.6 Å². The molecule has 3 rings (SSSR count). The monoisotopic (exact) mass is 411 g/mol. The number of ether oxygens (including phenoxy) is 3. The molecule has 0 spiro atoms. The van der Waals surface area contributed by atoms with Crippen LogP contribution in [-0.4, -0.2) is 45.3 Å². The smallest absolute Gasteiger partial charge is 0.258 e. The minimum atomic E-state index is -0.291. The number of nitrogens with zero attached hydrogens (tertiary/aromatic N) is 1. The minimum Gasteiger partial charge on any atom is -0.493 e. The van der Waals surface area contributed by atoms with Gasteiger partial charge >= 0.3 is 0 Å². The van der Waals surface area contributed by atoms with Crippen molar-refractivity contribution in [3.05, 3.63) is 53.6 Å². The zero-order valence-corrected chi connectivity index (χ0v) is 17.7. The standard InChI is InChI=1S/C23H29N3O4/c1-4-16-7-5-8-18(13-16)25-23(24-15-19-9-6-12-30-19)26-22(27)17-10-11-20(28-2)21(14-17)29-3/h5,7-8,10-11,13-14,19H,4,6,9,12,15H2,1-3H3,(H2,24,25,26,27)/t19-/m1/s1. The lowest BCUT2D eigenvalue weighted by Gasteiger charge is -2.15. The lowest BCUT2D eigenvalue weighted by atomic mass is 10.1. The Bertz CT molecular complexity index is 892. The summed E-state index contributed by atoms with van der Waals surface area (Å²) in [6, 6.07) is 13.1.